The van der Waals surface area contributed by atoms with Gasteiger partial charge in [0.2, 0.25) is 0 Å². The van der Waals surface area contributed by atoms with E-state index in [9.17, 15) is 4.79 Å². The fourth-order valence-corrected chi connectivity index (χ4v) is 1.44. The highest BCUT2D eigenvalue weighted by molar-refractivity contribution is 5.56. The summed E-state index contributed by atoms with van der Waals surface area (Å²) in [7, 11) is 3.52. The molecule has 0 aromatic rings. The molecule has 0 unspecified atom stereocenters. The van der Waals surface area contributed by atoms with Crippen LogP contribution in [0.25, 0.3) is 0 Å². The zero-order valence-corrected chi connectivity index (χ0v) is 7.45. The maximum atomic E-state index is 10.4. The van der Waals surface area contributed by atoms with Gasteiger partial charge in [0, 0.05) is 13.2 Å². The fourth-order valence-electron chi connectivity index (χ4n) is 1.44. The van der Waals surface area contributed by atoms with Crippen LogP contribution in [0.3, 0.4) is 0 Å². The second-order valence-corrected chi connectivity index (χ2v) is 2.91. The van der Waals surface area contributed by atoms with Crippen molar-refractivity contribution in [2.24, 2.45) is 0 Å². The molecule has 0 aromatic carbocycles. The van der Waals surface area contributed by atoms with Crippen molar-refractivity contribution >= 4 is 6.29 Å². The minimum absolute atomic E-state index is 0.0613. The second-order valence-electron chi connectivity index (χ2n) is 2.91. The minimum Gasteiger partial charge on any atom is -0.377 e. The third kappa shape index (κ3) is 2.03. The molecule has 1 rings (SSSR count). The predicted molar refractivity (Wildman–Crippen MR) is 44.1 cm³/mol. The van der Waals surface area contributed by atoms with Crippen LogP contribution in [0.1, 0.15) is 6.42 Å². The molecular formula is C8H15NO3. The summed E-state index contributed by atoms with van der Waals surface area (Å²) < 4.78 is 10.4. The van der Waals surface area contributed by atoms with E-state index in [1.807, 2.05) is 7.05 Å². The molecule has 0 saturated carbocycles. The first-order valence-corrected chi connectivity index (χ1v) is 4.08. The zero-order valence-electron chi connectivity index (χ0n) is 7.45. The topological polar surface area (TPSA) is 47.6 Å². The number of hydrogen-bond donors (Lipinski definition) is 1. The molecule has 1 saturated heterocycles. The van der Waals surface area contributed by atoms with Gasteiger partial charge in [-0.3, -0.25) is 0 Å². The molecule has 0 amide bonds. The van der Waals surface area contributed by atoms with Gasteiger partial charge in [0.15, 0.2) is 0 Å². The van der Waals surface area contributed by atoms with Crippen molar-refractivity contribution in [2.45, 2.75) is 24.7 Å². The highest BCUT2D eigenvalue weighted by Crippen LogP contribution is 2.14. The molecule has 0 spiro atoms. The van der Waals surface area contributed by atoms with Crippen LogP contribution in [0.4, 0.5) is 0 Å². The van der Waals surface area contributed by atoms with E-state index < -0.39 is 0 Å². The zero-order chi connectivity index (χ0) is 8.97. The van der Waals surface area contributed by atoms with Crippen LogP contribution in [-0.4, -0.2) is 45.3 Å². The molecule has 1 aliphatic heterocycles. The smallest absolute Gasteiger partial charge is 0.148 e. The molecule has 12 heavy (non-hydrogen) atoms. The second kappa shape index (κ2) is 4.54. The van der Waals surface area contributed by atoms with Gasteiger partial charge in [0.25, 0.3) is 0 Å². The lowest BCUT2D eigenvalue weighted by molar-refractivity contribution is -0.130. The molecule has 1 fully saturated rings. The Balaban J connectivity index is 2.46. The SMILES string of the molecule is CN[C@H]1C[C@H](C=O)OC[C@@H]1OC. The first-order valence-electron chi connectivity index (χ1n) is 4.08. The van der Waals surface area contributed by atoms with Crippen LogP contribution in [0.15, 0.2) is 0 Å². The number of carbonyl (C=O) groups excluding carboxylic acids is 1. The molecular weight excluding hydrogens is 158 g/mol. The Hall–Kier alpha value is -0.450. The van der Waals surface area contributed by atoms with Crippen LogP contribution in [-0.2, 0) is 14.3 Å². The van der Waals surface area contributed by atoms with Gasteiger partial charge in [0.05, 0.1) is 12.7 Å². The Morgan fingerprint density at radius 3 is 2.92 bits per heavy atom. The Morgan fingerprint density at radius 2 is 2.42 bits per heavy atom. The summed E-state index contributed by atoms with van der Waals surface area (Å²) in [5.41, 5.74) is 0. The molecule has 1 aliphatic rings. The maximum Gasteiger partial charge on any atom is 0.148 e. The number of likely N-dealkylation sites (N-methyl/N-ethyl adjacent to an activating group) is 1. The summed E-state index contributed by atoms with van der Waals surface area (Å²) in [5.74, 6) is 0. The third-order valence-electron chi connectivity index (χ3n) is 2.23. The van der Waals surface area contributed by atoms with Crippen molar-refractivity contribution in [2.75, 3.05) is 20.8 Å². The number of nitrogens with one attached hydrogen (secondary N) is 1. The number of carbonyl (C=O) groups is 1. The van der Waals surface area contributed by atoms with Gasteiger partial charge >= 0.3 is 0 Å². The first-order chi connectivity index (χ1) is 5.81. The van der Waals surface area contributed by atoms with E-state index in [1.165, 1.54) is 0 Å². The molecule has 70 valence electrons. The predicted octanol–water partition coefficient (Wildman–Crippen LogP) is -0.423. The average Bonchev–Trinajstić information content (AvgIpc) is 2.16. The van der Waals surface area contributed by atoms with E-state index in [4.69, 9.17) is 9.47 Å². The van der Waals surface area contributed by atoms with Gasteiger partial charge < -0.3 is 19.6 Å². The van der Waals surface area contributed by atoms with E-state index in [0.29, 0.717) is 13.0 Å². The van der Waals surface area contributed by atoms with Gasteiger partial charge in [-0.15, -0.1) is 0 Å². The van der Waals surface area contributed by atoms with Crippen LogP contribution in [0, 0.1) is 0 Å². The lowest BCUT2D eigenvalue weighted by Gasteiger charge is -2.32. The van der Waals surface area contributed by atoms with Crippen molar-refractivity contribution in [3.8, 4) is 0 Å². The molecule has 0 aromatic heterocycles. The molecule has 4 nitrogen and oxygen atoms in total. The minimum atomic E-state index is -0.270. The number of ether oxygens (including phenoxy) is 2. The molecule has 0 bridgehead atoms. The van der Waals surface area contributed by atoms with E-state index in [2.05, 4.69) is 5.32 Å². The Labute approximate surface area is 72.2 Å². The summed E-state index contributed by atoms with van der Waals surface area (Å²) in [6, 6.07) is 0.221. The highest BCUT2D eigenvalue weighted by atomic mass is 16.5. The summed E-state index contributed by atoms with van der Waals surface area (Å²) >= 11 is 0. The summed E-state index contributed by atoms with van der Waals surface area (Å²) in [6.07, 6.45) is 1.33. The van der Waals surface area contributed by atoms with Crippen LogP contribution >= 0.6 is 0 Å². The Bertz CT molecular complexity index is 151. The molecule has 0 aliphatic carbocycles. The quantitative estimate of drug-likeness (QED) is 0.589. The van der Waals surface area contributed by atoms with Gasteiger partial charge in [0.1, 0.15) is 12.4 Å². The standard InChI is InChI=1S/C8H15NO3/c1-9-7-3-6(4-10)12-5-8(7)11-2/h4,6-9H,3,5H2,1-2H3/t6-,7+,8+/m1/s1. The average molecular weight is 173 g/mol. The van der Waals surface area contributed by atoms with Crippen molar-refractivity contribution in [1.29, 1.82) is 0 Å². The Morgan fingerprint density at radius 1 is 1.67 bits per heavy atom. The lowest BCUT2D eigenvalue weighted by Crippen LogP contribution is -2.49. The van der Waals surface area contributed by atoms with Crippen LogP contribution in [0.5, 0.6) is 0 Å². The molecule has 1 heterocycles. The van der Waals surface area contributed by atoms with Crippen LogP contribution < -0.4 is 5.32 Å². The molecule has 4 heteroatoms. The normalized spacial score (nSPS) is 36.3. The molecule has 0 radical (unpaired) electrons. The summed E-state index contributed by atoms with van der Waals surface area (Å²) in [5, 5.41) is 3.11. The van der Waals surface area contributed by atoms with Crippen molar-refractivity contribution in [3.05, 3.63) is 0 Å². The lowest BCUT2D eigenvalue weighted by atomic mass is 10.0. The maximum absolute atomic E-state index is 10.4. The number of rotatable bonds is 3. The van der Waals surface area contributed by atoms with Crippen LogP contribution in [0.2, 0.25) is 0 Å². The monoisotopic (exact) mass is 173 g/mol. The molecule has 1 N–H and O–H groups in total. The van der Waals surface area contributed by atoms with Gasteiger partial charge in [-0.1, -0.05) is 0 Å². The third-order valence-corrected chi connectivity index (χ3v) is 2.23. The summed E-state index contributed by atoms with van der Waals surface area (Å²) in [6.45, 7) is 0.491. The highest BCUT2D eigenvalue weighted by Gasteiger charge is 2.29. The number of methoxy groups -OCH3 is 1. The van der Waals surface area contributed by atoms with Gasteiger partial charge in [-0.25, -0.2) is 0 Å². The van der Waals surface area contributed by atoms with E-state index in [-0.39, 0.29) is 18.2 Å². The summed E-state index contributed by atoms with van der Waals surface area (Å²) in [4.78, 5) is 10.4. The Kier molecular flexibility index (Phi) is 3.65. The van der Waals surface area contributed by atoms with Crippen molar-refractivity contribution < 1.29 is 14.3 Å². The molecule has 3 atom stereocenters. The van der Waals surface area contributed by atoms with Crippen molar-refractivity contribution in [3.63, 3.8) is 0 Å². The number of hydrogen-bond acceptors (Lipinski definition) is 4. The number of aldehydes is 1. The first kappa shape index (κ1) is 9.64. The van der Waals surface area contributed by atoms with E-state index in [0.717, 1.165) is 6.29 Å². The largest absolute Gasteiger partial charge is 0.377 e. The van der Waals surface area contributed by atoms with Crippen molar-refractivity contribution in [1.82, 2.24) is 5.32 Å². The van der Waals surface area contributed by atoms with Gasteiger partial charge in [-0.2, -0.15) is 0 Å². The fraction of sp³-hybridized carbons (Fsp3) is 0.875. The van der Waals surface area contributed by atoms with E-state index >= 15 is 0 Å². The van der Waals surface area contributed by atoms with Gasteiger partial charge in [-0.05, 0) is 13.5 Å². The van der Waals surface area contributed by atoms with E-state index in [1.54, 1.807) is 7.11 Å².